The second-order valence-corrected chi connectivity index (χ2v) is 6.47. The molecule has 23 heavy (non-hydrogen) atoms. The van der Waals surface area contributed by atoms with Crippen LogP contribution in [0.1, 0.15) is 24.8 Å². The van der Waals surface area contributed by atoms with Crippen molar-refractivity contribution in [2.45, 2.75) is 25.8 Å². The maximum atomic E-state index is 12.2. The van der Waals surface area contributed by atoms with Gasteiger partial charge in [0.1, 0.15) is 5.82 Å². The zero-order valence-electron chi connectivity index (χ0n) is 12.5. The van der Waals surface area contributed by atoms with E-state index in [0.29, 0.717) is 34.7 Å². The van der Waals surface area contributed by atoms with Crippen molar-refractivity contribution < 1.29 is 4.79 Å². The number of aromatic nitrogens is 2. The van der Waals surface area contributed by atoms with Gasteiger partial charge in [0.25, 0.3) is 0 Å². The van der Waals surface area contributed by atoms with Gasteiger partial charge < -0.3 is 5.32 Å². The molecule has 1 amide bonds. The predicted molar refractivity (Wildman–Crippen MR) is 92.9 cm³/mol. The van der Waals surface area contributed by atoms with Crippen LogP contribution in [0.15, 0.2) is 42.6 Å². The van der Waals surface area contributed by atoms with Crippen LogP contribution in [0.4, 0.5) is 5.82 Å². The Bertz CT molecular complexity index is 739. The number of hydrogen-bond acceptors (Lipinski definition) is 2. The monoisotopic (exact) mass is 349 g/mol. The van der Waals surface area contributed by atoms with E-state index in [0.717, 1.165) is 18.4 Å². The first-order chi connectivity index (χ1) is 11.1. The van der Waals surface area contributed by atoms with Gasteiger partial charge in [0.05, 0.1) is 12.7 Å². The summed E-state index contributed by atoms with van der Waals surface area (Å²) in [6.07, 6.45) is 8.52. The quantitative estimate of drug-likeness (QED) is 0.805. The van der Waals surface area contributed by atoms with Gasteiger partial charge in [0.2, 0.25) is 5.91 Å². The second kappa shape index (κ2) is 7.20. The van der Waals surface area contributed by atoms with Gasteiger partial charge in [0.15, 0.2) is 0 Å². The maximum Gasteiger partial charge on any atom is 0.226 e. The Morgan fingerprint density at radius 3 is 2.96 bits per heavy atom. The third-order valence-corrected chi connectivity index (χ3v) is 4.47. The molecule has 1 aliphatic rings. The third-order valence-electron chi connectivity index (χ3n) is 3.88. The zero-order chi connectivity index (χ0) is 16.2. The topological polar surface area (TPSA) is 46.9 Å². The molecule has 0 radical (unpaired) electrons. The first-order valence-corrected chi connectivity index (χ1v) is 8.29. The Labute approximate surface area is 145 Å². The van der Waals surface area contributed by atoms with E-state index in [1.807, 2.05) is 6.07 Å². The highest BCUT2D eigenvalue weighted by Crippen LogP contribution is 2.23. The van der Waals surface area contributed by atoms with Crippen LogP contribution >= 0.6 is 23.2 Å². The molecule has 0 aliphatic heterocycles. The van der Waals surface area contributed by atoms with E-state index in [9.17, 15) is 4.79 Å². The lowest BCUT2D eigenvalue weighted by Crippen LogP contribution is -2.18. The van der Waals surface area contributed by atoms with E-state index < -0.39 is 0 Å². The highest BCUT2D eigenvalue weighted by Gasteiger charge is 2.15. The normalized spacial score (nSPS) is 16.7. The number of benzene rings is 1. The summed E-state index contributed by atoms with van der Waals surface area (Å²) in [5, 5.41) is 8.36. The van der Waals surface area contributed by atoms with E-state index in [1.165, 1.54) is 0 Å². The number of nitrogens with zero attached hydrogens (tertiary/aromatic N) is 2. The van der Waals surface area contributed by atoms with Gasteiger partial charge in [-0.05, 0) is 36.5 Å². The minimum absolute atomic E-state index is 0.00510. The van der Waals surface area contributed by atoms with Gasteiger partial charge in [-0.1, -0.05) is 41.4 Å². The van der Waals surface area contributed by atoms with Crippen LogP contribution in [0.5, 0.6) is 0 Å². The standard InChI is InChI=1S/C17H17Cl2N3O/c18-14-6-5-13(15(19)10-14)11-22-16(7-8-20-22)21-17(23)9-12-3-1-2-4-12/h1,3,5-8,10,12H,2,4,9,11H2,(H,21,23)/t12-/m1/s1. The Balaban J connectivity index is 1.67. The molecule has 0 bridgehead atoms. The van der Waals surface area contributed by atoms with E-state index in [-0.39, 0.29) is 5.91 Å². The molecule has 1 heterocycles. The maximum absolute atomic E-state index is 12.2. The van der Waals surface area contributed by atoms with Crippen LogP contribution in [0.3, 0.4) is 0 Å². The van der Waals surface area contributed by atoms with Crippen molar-refractivity contribution in [3.63, 3.8) is 0 Å². The van der Waals surface area contributed by atoms with Gasteiger partial charge in [-0.3, -0.25) is 4.79 Å². The van der Waals surface area contributed by atoms with Crippen molar-refractivity contribution in [2.24, 2.45) is 5.92 Å². The molecule has 0 unspecified atom stereocenters. The lowest BCUT2D eigenvalue weighted by Gasteiger charge is -2.12. The highest BCUT2D eigenvalue weighted by atomic mass is 35.5. The molecule has 1 aromatic carbocycles. The summed E-state index contributed by atoms with van der Waals surface area (Å²) in [5.74, 6) is 1.02. The molecule has 120 valence electrons. The molecule has 1 aliphatic carbocycles. The number of carbonyl (C=O) groups excluding carboxylic acids is 1. The molecule has 0 fully saturated rings. The van der Waals surface area contributed by atoms with Crippen molar-refractivity contribution >= 4 is 34.9 Å². The average Bonchev–Trinajstić information content (AvgIpc) is 3.14. The fourth-order valence-electron chi connectivity index (χ4n) is 2.67. The summed E-state index contributed by atoms with van der Waals surface area (Å²) in [6.45, 7) is 0.474. The highest BCUT2D eigenvalue weighted by molar-refractivity contribution is 6.35. The van der Waals surface area contributed by atoms with Gasteiger partial charge in [-0.15, -0.1) is 0 Å². The molecule has 0 saturated heterocycles. The van der Waals surface area contributed by atoms with E-state index in [1.54, 1.807) is 29.1 Å². The molecule has 1 aromatic heterocycles. The number of amides is 1. The summed E-state index contributed by atoms with van der Waals surface area (Å²) in [4.78, 5) is 12.2. The van der Waals surface area contributed by atoms with E-state index in [2.05, 4.69) is 22.6 Å². The zero-order valence-corrected chi connectivity index (χ0v) is 14.0. The lowest BCUT2D eigenvalue weighted by molar-refractivity contribution is -0.116. The van der Waals surface area contributed by atoms with Crippen LogP contribution in [-0.2, 0) is 11.3 Å². The first-order valence-electron chi connectivity index (χ1n) is 7.54. The minimum Gasteiger partial charge on any atom is -0.311 e. The fraction of sp³-hybridized carbons (Fsp3) is 0.294. The number of anilines is 1. The Hall–Kier alpha value is -1.78. The fourth-order valence-corrected chi connectivity index (χ4v) is 3.14. The smallest absolute Gasteiger partial charge is 0.226 e. The molecule has 2 aromatic rings. The van der Waals surface area contributed by atoms with Crippen LogP contribution < -0.4 is 5.32 Å². The van der Waals surface area contributed by atoms with Gasteiger partial charge in [0, 0.05) is 22.5 Å². The predicted octanol–water partition coefficient (Wildman–Crippen LogP) is 4.53. The number of rotatable bonds is 5. The number of nitrogens with one attached hydrogen (secondary N) is 1. The number of hydrogen-bond donors (Lipinski definition) is 1. The molecular weight excluding hydrogens is 333 g/mol. The summed E-state index contributed by atoms with van der Waals surface area (Å²) in [7, 11) is 0. The molecule has 6 heteroatoms. The van der Waals surface area contributed by atoms with E-state index >= 15 is 0 Å². The Morgan fingerprint density at radius 1 is 1.35 bits per heavy atom. The lowest BCUT2D eigenvalue weighted by atomic mass is 10.1. The Morgan fingerprint density at radius 2 is 2.22 bits per heavy atom. The molecule has 1 atom stereocenters. The first kappa shape index (κ1) is 16.1. The van der Waals surface area contributed by atoms with Crippen molar-refractivity contribution in [2.75, 3.05) is 5.32 Å². The molecular formula is C17H17Cl2N3O. The van der Waals surface area contributed by atoms with Crippen LogP contribution in [0.25, 0.3) is 0 Å². The number of carbonyl (C=O) groups is 1. The van der Waals surface area contributed by atoms with Gasteiger partial charge >= 0.3 is 0 Å². The van der Waals surface area contributed by atoms with Crippen LogP contribution in [0.2, 0.25) is 10.0 Å². The Kier molecular flexibility index (Phi) is 5.03. The van der Waals surface area contributed by atoms with Gasteiger partial charge in [-0.2, -0.15) is 5.10 Å². The summed E-state index contributed by atoms with van der Waals surface area (Å²) in [5.41, 5.74) is 0.897. The SMILES string of the molecule is O=C(C[C@@H]1C=CCC1)Nc1ccnn1Cc1ccc(Cl)cc1Cl. The number of allylic oxidation sites excluding steroid dienone is 2. The van der Waals surface area contributed by atoms with Gasteiger partial charge in [-0.25, -0.2) is 4.68 Å². The largest absolute Gasteiger partial charge is 0.311 e. The van der Waals surface area contributed by atoms with Crippen molar-refractivity contribution in [1.82, 2.24) is 9.78 Å². The third kappa shape index (κ3) is 4.15. The van der Waals surface area contributed by atoms with Crippen LogP contribution in [-0.4, -0.2) is 15.7 Å². The molecule has 1 N–H and O–H groups in total. The molecule has 4 nitrogen and oxygen atoms in total. The molecule has 3 rings (SSSR count). The average molecular weight is 350 g/mol. The van der Waals surface area contributed by atoms with Crippen molar-refractivity contribution in [3.8, 4) is 0 Å². The molecule has 0 saturated carbocycles. The van der Waals surface area contributed by atoms with E-state index in [4.69, 9.17) is 23.2 Å². The molecule has 0 spiro atoms. The summed E-state index contributed by atoms with van der Waals surface area (Å²) >= 11 is 12.1. The van der Waals surface area contributed by atoms with Crippen molar-refractivity contribution in [3.05, 3.63) is 58.2 Å². The second-order valence-electron chi connectivity index (χ2n) is 5.63. The van der Waals surface area contributed by atoms with Crippen molar-refractivity contribution in [1.29, 1.82) is 0 Å². The van der Waals surface area contributed by atoms with Crippen LogP contribution in [0, 0.1) is 5.92 Å². The number of halogens is 2. The minimum atomic E-state index is 0.00510. The summed E-state index contributed by atoms with van der Waals surface area (Å²) < 4.78 is 1.72. The summed E-state index contributed by atoms with van der Waals surface area (Å²) in [6, 6.07) is 7.14.